The first kappa shape index (κ1) is 15.2. The second-order valence-corrected chi connectivity index (χ2v) is 7.92. The van der Waals surface area contributed by atoms with Gasteiger partial charge in [-0.15, -0.1) is 0 Å². The van der Waals surface area contributed by atoms with Crippen LogP contribution in [0, 0.1) is 0 Å². The summed E-state index contributed by atoms with van der Waals surface area (Å²) in [5, 5.41) is 3.78. The lowest BCUT2D eigenvalue weighted by molar-refractivity contribution is 0.179. The largest absolute Gasteiger partial charge is 0.314 e. The summed E-state index contributed by atoms with van der Waals surface area (Å²) in [6, 6.07) is 6.84. The van der Waals surface area contributed by atoms with Gasteiger partial charge in [0.2, 0.25) is 10.0 Å². The minimum absolute atomic E-state index is 0.288. The van der Waals surface area contributed by atoms with Crippen LogP contribution in [-0.4, -0.2) is 62.9 Å². The molecule has 0 amide bonds. The molecule has 1 atom stereocenters. The van der Waals surface area contributed by atoms with Gasteiger partial charge >= 0.3 is 0 Å². The van der Waals surface area contributed by atoms with Gasteiger partial charge < -0.3 is 5.32 Å². The first-order valence-electron chi connectivity index (χ1n) is 7.28. The normalized spacial score (nSPS) is 25.3. The molecule has 0 radical (unpaired) electrons. The first-order chi connectivity index (χ1) is 10.1. The molecular formula is C14H20ClN3O2S. The summed E-state index contributed by atoms with van der Waals surface area (Å²) >= 11 is 5.91. The van der Waals surface area contributed by atoms with Crippen LogP contribution in [0.25, 0.3) is 0 Å². The lowest BCUT2D eigenvalue weighted by atomic mass is 10.2. The van der Waals surface area contributed by atoms with Crippen molar-refractivity contribution in [1.29, 1.82) is 0 Å². The molecule has 2 heterocycles. The molecule has 1 unspecified atom stereocenters. The maximum absolute atomic E-state index is 12.7. The van der Waals surface area contributed by atoms with Gasteiger partial charge in [0.05, 0.1) is 4.90 Å². The van der Waals surface area contributed by atoms with Gasteiger partial charge in [-0.2, -0.15) is 4.31 Å². The van der Waals surface area contributed by atoms with Gasteiger partial charge in [-0.3, -0.25) is 4.90 Å². The number of piperazine rings is 1. The molecule has 0 aromatic heterocycles. The molecule has 3 rings (SSSR count). The van der Waals surface area contributed by atoms with E-state index >= 15 is 0 Å². The van der Waals surface area contributed by atoms with Crippen molar-refractivity contribution in [2.75, 3.05) is 39.3 Å². The topological polar surface area (TPSA) is 52.7 Å². The zero-order valence-corrected chi connectivity index (χ0v) is 13.4. The van der Waals surface area contributed by atoms with Crippen molar-refractivity contribution in [1.82, 2.24) is 14.5 Å². The standard InChI is InChI=1S/C14H20ClN3O2S/c15-12-2-1-3-14(10-12)21(19,20)18-7-4-13(11-18)17-8-5-16-6-9-17/h1-3,10,13,16H,4-9,11H2. The molecule has 2 fully saturated rings. The number of hydrogen-bond donors (Lipinski definition) is 1. The quantitative estimate of drug-likeness (QED) is 0.899. The highest BCUT2D eigenvalue weighted by Crippen LogP contribution is 2.25. The fourth-order valence-electron chi connectivity index (χ4n) is 3.05. The fraction of sp³-hybridized carbons (Fsp3) is 0.571. The third kappa shape index (κ3) is 3.24. The number of rotatable bonds is 3. The first-order valence-corrected chi connectivity index (χ1v) is 9.10. The molecule has 1 aromatic rings. The Kier molecular flexibility index (Phi) is 4.51. The third-order valence-corrected chi connectivity index (χ3v) is 6.32. The maximum Gasteiger partial charge on any atom is 0.243 e. The van der Waals surface area contributed by atoms with Crippen LogP contribution in [0.15, 0.2) is 29.2 Å². The molecule has 0 spiro atoms. The van der Waals surface area contributed by atoms with Gasteiger partial charge in [0, 0.05) is 50.3 Å². The van der Waals surface area contributed by atoms with E-state index < -0.39 is 10.0 Å². The summed E-state index contributed by atoms with van der Waals surface area (Å²) in [5.41, 5.74) is 0. The second kappa shape index (κ2) is 6.22. The minimum Gasteiger partial charge on any atom is -0.314 e. The van der Waals surface area contributed by atoms with Gasteiger partial charge in [0.15, 0.2) is 0 Å². The molecule has 5 nitrogen and oxygen atoms in total. The number of hydrogen-bond acceptors (Lipinski definition) is 4. The Bertz CT molecular complexity index is 602. The number of halogens is 1. The van der Waals surface area contributed by atoms with Crippen molar-refractivity contribution >= 4 is 21.6 Å². The van der Waals surface area contributed by atoms with Gasteiger partial charge in [0.25, 0.3) is 0 Å². The zero-order chi connectivity index (χ0) is 14.9. The summed E-state index contributed by atoms with van der Waals surface area (Å²) in [4.78, 5) is 2.68. The lowest BCUT2D eigenvalue weighted by Gasteiger charge is -2.32. The summed E-state index contributed by atoms with van der Waals surface area (Å²) in [5.74, 6) is 0. The van der Waals surface area contributed by atoms with Crippen molar-refractivity contribution in [3.8, 4) is 0 Å². The molecule has 2 aliphatic rings. The van der Waals surface area contributed by atoms with Gasteiger partial charge in [-0.1, -0.05) is 17.7 Å². The summed E-state index contributed by atoms with van der Waals surface area (Å²) in [6.45, 7) is 5.12. The van der Waals surface area contributed by atoms with Crippen LogP contribution < -0.4 is 5.32 Å². The molecule has 2 saturated heterocycles. The molecular weight excluding hydrogens is 310 g/mol. The van der Waals surface area contributed by atoms with Crippen LogP contribution in [0.5, 0.6) is 0 Å². The van der Waals surface area contributed by atoms with E-state index in [1.807, 2.05) is 0 Å². The van der Waals surface area contributed by atoms with E-state index in [0.29, 0.717) is 24.2 Å². The molecule has 0 bridgehead atoms. The lowest BCUT2D eigenvalue weighted by Crippen LogP contribution is -2.49. The monoisotopic (exact) mass is 329 g/mol. The van der Waals surface area contributed by atoms with E-state index in [9.17, 15) is 8.42 Å². The van der Waals surface area contributed by atoms with Gasteiger partial charge in [0.1, 0.15) is 0 Å². The Hall–Kier alpha value is -0.660. The van der Waals surface area contributed by atoms with Crippen molar-refractivity contribution in [2.45, 2.75) is 17.4 Å². The molecule has 21 heavy (non-hydrogen) atoms. The molecule has 7 heteroatoms. The van der Waals surface area contributed by atoms with E-state index in [4.69, 9.17) is 11.6 Å². The molecule has 2 aliphatic heterocycles. The second-order valence-electron chi connectivity index (χ2n) is 5.55. The Morgan fingerprint density at radius 1 is 1.19 bits per heavy atom. The molecule has 1 aromatic carbocycles. The van der Waals surface area contributed by atoms with Crippen LogP contribution in [-0.2, 0) is 10.0 Å². The molecule has 0 aliphatic carbocycles. The average molecular weight is 330 g/mol. The van der Waals surface area contributed by atoms with E-state index in [2.05, 4.69) is 10.2 Å². The van der Waals surface area contributed by atoms with Gasteiger partial charge in [-0.25, -0.2) is 8.42 Å². The van der Waals surface area contributed by atoms with E-state index in [1.165, 1.54) is 6.07 Å². The van der Waals surface area contributed by atoms with Crippen LogP contribution >= 0.6 is 11.6 Å². The number of nitrogens with one attached hydrogen (secondary N) is 1. The minimum atomic E-state index is -3.43. The predicted octanol–water partition coefficient (Wildman–Crippen LogP) is 1.01. The SMILES string of the molecule is O=S(=O)(c1cccc(Cl)c1)N1CCC(N2CCNCC2)C1. The number of benzene rings is 1. The van der Waals surface area contributed by atoms with Crippen LogP contribution in [0.4, 0.5) is 0 Å². The highest BCUT2D eigenvalue weighted by atomic mass is 35.5. The van der Waals surface area contributed by atoms with E-state index in [0.717, 1.165) is 32.6 Å². The summed E-state index contributed by atoms with van der Waals surface area (Å²) < 4.78 is 26.9. The maximum atomic E-state index is 12.7. The Morgan fingerprint density at radius 3 is 2.67 bits per heavy atom. The Balaban J connectivity index is 1.72. The van der Waals surface area contributed by atoms with Crippen molar-refractivity contribution < 1.29 is 8.42 Å². The fourth-order valence-corrected chi connectivity index (χ4v) is 4.84. The van der Waals surface area contributed by atoms with Crippen LogP contribution in [0.2, 0.25) is 5.02 Å². The zero-order valence-electron chi connectivity index (χ0n) is 11.8. The Morgan fingerprint density at radius 2 is 1.95 bits per heavy atom. The smallest absolute Gasteiger partial charge is 0.243 e. The molecule has 1 N–H and O–H groups in total. The molecule has 0 saturated carbocycles. The highest BCUT2D eigenvalue weighted by Gasteiger charge is 2.35. The van der Waals surface area contributed by atoms with Crippen molar-refractivity contribution in [3.05, 3.63) is 29.3 Å². The van der Waals surface area contributed by atoms with Crippen molar-refractivity contribution in [2.24, 2.45) is 0 Å². The average Bonchev–Trinajstić information content (AvgIpc) is 2.99. The number of sulfonamides is 1. The van der Waals surface area contributed by atoms with Crippen LogP contribution in [0.3, 0.4) is 0 Å². The number of nitrogens with zero attached hydrogens (tertiary/aromatic N) is 2. The highest BCUT2D eigenvalue weighted by molar-refractivity contribution is 7.89. The van der Waals surface area contributed by atoms with Gasteiger partial charge in [-0.05, 0) is 24.6 Å². The summed E-state index contributed by atoms with van der Waals surface area (Å²) in [6.07, 6.45) is 0.903. The van der Waals surface area contributed by atoms with E-state index in [-0.39, 0.29) is 4.90 Å². The Labute approximate surface area is 130 Å². The van der Waals surface area contributed by atoms with Crippen LogP contribution in [0.1, 0.15) is 6.42 Å². The third-order valence-electron chi connectivity index (χ3n) is 4.23. The van der Waals surface area contributed by atoms with E-state index in [1.54, 1.807) is 22.5 Å². The summed E-state index contributed by atoms with van der Waals surface area (Å²) in [7, 11) is -3.43. The van der Waals surface area contributed by atoms with Crippen molar-refractivity contribution in [3.63, 3.8) is 0 Å². The molecule has 116 valence electrons. The predicted molar refractivity (Wildman–Crippen MR) is 83.1 cm³/mol.